The first-order chi connectivity index (χ1) is 5.79. The maximum atomic E-state index is 11.6. The summed E-state index contributed by atoms with van der Waals surface area (Å²) in [5, 5.41) is 2.92. The van der Waals surface area contributed by atoms with Crippen LogP contribution in [-0.2, 0) is 4.79 Å². The molecular weight excluding hydrogens is 172 g/mol. The van der Waals surface area contributed by atoms with Crippen molar-refractivity contribution < 1.29 is 4.79 Å². The average molecular weight is 186 g/mol. The maximum absolute atomic E-state index is 11.6. The van der Waals surface area contributed by atoms with Crippen LogP contribution < -0.4 is 5.32 Å². The zero-order valence-corrected chi connectivity index (χ0v) is 8.12. The number of nitrogens with one attached hydrogen (secondary N) is 1. The number of carbonyl (C=O) groups is 1. The van der Waals surface area contributed by atoms with Gasteiger partial charge in [-0.25, -0.2) is 4.31 Å². The summed E-state index contributed by atoms with van der Waals surface area (Å²) in [6.07, 6.45) is 5.25. The van der Waals surface area contributed by atoms with E-state index >= 15 is 0 Å². The number of nitrogens with zero attached hydrogens (tertiary/aromatic N) is 1. The minimum absolute atomic E-state index is 0.139. The standard InChI is InChI=1S/C8H14N2OS/c1-12-10-6-2-3-8(10)4-5-9-7(8)11/h2-6H2,1H3,(H,9,11). The summed E-state index contributed by atoms with van der Waals surface area (Å²) >= 11 is 1.70. The fourth-order valence-electron chi connectivity index (χ4n) is 2.26. The first-order valence-corrected chi connectivity index (χ1v) is 5.58. The molecule has 1 unspecified atom stereocenters. The van der Waals surface area contributed by atoms with Crippen molar-refractivity contribution in [2.45, 2.75) is 24.8 Å². The highest BCUT2D eigenvalue weighted by atomic mass is 32.2. The largest absolute Gasteiger partial charge is 0.354 e. The van der Waals surface area contributed by atoms with E-state index in [1.165, 1.54) is 0 Å². The first-order valence-electron chi connectivity index (χ1n) is 4.40. The number of rotatable bonds is 1. The molecule has 1 amide bonds. The van der Waals surface area contributed by atoms with Crippen molar-refractivity contribution in [2.24, 2.45) is 0 Å². The van der Waals surface area contributed by atoms with Crippen LogP contribution in [0.3, 0.4) is 0 Å². The normalized spacial score (nSPS) is 36.2. The fourth-order valence-corrected chi connectivity index (χ4v) is 3.18. The van der Waals surface area contributed by atoms with Gasteiger partial charge in [-0.3, -0.25) is 4.79 Å². The van der Waals surface area contributed by atoms with Crippen molar-refractivity contribution in [3.63, 3.8) is 0 Å². The molecule has 0 aromatic carbocycles. The van der Waals surface area contributed by atoms with Crippen molar-refractivity contribution in [3.8, 4) is 0 Å². The lowest BCUT2D eigenvalue weighted by molar-refractivity contribution is -0.126. The van der Waals surface area contributed by atoms with E-state index in [4.69, 9.17) is 0 Å². The summed E-state index contributed by atoms with van der Waals surface area (Å²) in [4.78, 5) is 11.6. The predicted octanol–water partition coefficient (Wildman–Crippen LogP) is 0.619. The summed E-state index contributed by atoms with van der Waals surface area (Å²) in [5.41, 5.74) is -0.139. The zero-order chi connectivity index (χ0) is 8.60. The van der Waals surface area contributed by atoms with Crippen LogP contribution in [0.4, 0.5) is 0 Å². The van der Waals surface area contributed by atoms with E-state index in [2.05, 4.69) is 15.9 Å². The number of amides is 1. The zero-order valence-electron chi connectivity index (χ0n) is 7.30. The number of hydrogen-bond acceptors (Lipinski definition) is 3. The van der Waals surface area contributed by atoms with Crippen molar-refractivity contribution in [3.05, 3.63) is 0 Å². The molecule has 3 nitrogen and oxygen atoms in total. The van der Waals surface area contributed by atoms with Crippen LogP contribution >= 0.6 is 11.9 Å². The lowest BCUT2D eigenvalue weighted by Crippen LogP contribution is -2.45. The second kappa shape index (κ2) is 2.92. The molecule has 2 aliphatic rings. The van der Waals surface area contributed by atoms with Crippen molar-refractivity contribution in [1.29, 1.82) is 0 Å². The summed E-state index contributed by atoms with van der Waals surface area (Å²) in [5.74, 6) is 0.245. The summed E-state index contributed by atoms with van der Waals surface area (Å²) in [6.45, 7) is 1.92. The molecule has 1 spiro atoms. The molecule has 0 bridgehead atoms. The van der Waals surface area contributed by atoms with Crippen LogP contribution in [0.5, 0.6) is 0 Å². The van der Waals surface area contributed by atoms with E-state index < -0.39 is 0 Å². The van der Waals surface area contributed by atoms with Gasteiger partial charge < -0.3 is 5.32 Å². The Bertz CT molecular complexity index is 205. The van der Waals surface area contributed by atoms with Gasteiger partial charge in [0.15, 0.2) is 0 Å². The van der Waals surface area contributed by atoms with Gasteiger partial charge in [0, 0.05) is 13.1 Å². The Hall–Kier alpha value is -0.220. The summed E-state index contributed by atoms with van der Waals surface area (Å²) < 4.78 is 2.25. The van der Waals surface area contributed by atoms with Crippen LogP contribution in [-0.4, -0.2) is 35.1 Å². The highest BCUT2D eigenvalue weighted by Crippen LogP contribution is 2.38. The Morgan fingerprint density at radius 1 is 1.58 bits per heavy atom. The van der Waals surface area contributed by atoms with Gasteiger partial charge >= 0.3 is 0 Å². The van der Waals surface area contributed by atoms with E-state index in [1.54, 1.807) is 11.9 Å². The maximum Gasteiger partial charge on any atom is 0.241 e. The summed E-state index contributed by atoms with van der Waals surface area (Å²) in [6, 6.07) is 0. The molecule has 68 valence electrons. The minimum atomic E-state index is -0.139. The van der Waals surface area contributed by atoms with E-state index in [1.807, 2.05) is 0 Å². The molecule has 0 radical (unpaired) electrons. The topological polar surface area (TPSA) is 32.3 Å². The molecule has 1 N–H and O–H groups in total. The quantitative estimate of drug-likeness (QED) is 0.609. The third kappa shape index (κ3) is 0.977. The molecule has 12 heavy (non-hydrogen) atoms. The van der Waals surface area contributed by atoms with Crippen LogP contribution in [0.15, 0.2) is 0 Å². The van der Waals surface area contributed by atoms with E-state index in [9.17, 15) is 4.79 Å². The Labute approximate surface area is 77.0 Å². The van der Waals surface area contributed by atoms with Crippen molar-refractivity contribution in [1.82, 2.24) is 9.62 Å². The second-order valence-electron chi connectivity index (χ2n) is 3.43. The fraction of sp³-hybridized carbons (Fsp3) is 0.875. The molecule has 2 saturated heterocycles. The van der Waals surface area contributed by atoms with Gasteiger partial charge in [-0.2, -0.15) is 0 Å². The lowest BCUT2D eigenvalue weighted by Gasteiger charge is -2.29. The second-order valence-corrected chi connectivity index (χ2v) is 4.23. The van der Waals surface area contributed by atoms with E-state index in [0.29, 0.717) is 0 Å². The third-order valence-corrected chi connectivity index (χ3v) is 3.87. The van der Waals surface area contributed by atoms with Gasteiger partial charge in [-0.05, 0) is 25.5 Å². The monoisotopic (exact) mass is 186 g/mol. The molecule has 0 aliphatic carbocycles. The first kappa shape index (κ1) is 8.38. The molecule has 2 rings (SSSR count). The molecule has 4 heteroatoms. The van der Waals surface area contributed by atoms with Gasteiger partial charge in [-0.15, -0.1) is 0 Å². The predicted molar refractivity (Wildman–Crippen MR) is 49.8 cm³/mol. The Balaban J connectivity index is 2.22. The van der Waals surface area contributed by atoms with Gasteiger partial charge in [0.25, 0.3) is 0 Å². The van der Waals surface area contributed by atoms with Crippen molar-refractivity contribution in [2.75, 3.05) is 19.3 Å². The minimum Gasteiger partial charge on any atom is -0.354 e. The van der Waals surface area contributed by atoms with Gasteiger partial charge in [-0.1, -0.05) is 11.9 Å². The van der Waals surface area contributed by atoms with Crippen molar-refractivity contribution >= 4 is 17.9 Å². The molecular formula is C8H14N2OS. The highest BCUT2D eigenvalue weighted by molar-refractivity contribution is 7.96. The molecule has 0 aromatic rings. The van der Waals surface area contributed by atoms with Gasteiger partial charge in [0.2, 0.25) is 5.91 Å². The Morgan fingerprint density at radius 3 is 3.00 bits per heavy atom. The lowest BCUT2D eigenvalue weighted by atomic mass is 9.96. The molecule has 2 fully saturated rings. The van der Waals surface area contributed by atoms with Crippen LogP contribution in [0, 0.1) is 0 Å². The van der Waals surface area contributed by atoms with Crippen LogP contribution in [0.2, 0.25) is 0 Å². The molecule has 2 aliphatic heterocycles. The smallest absolute Gasteiger partial charge is 0.241 e. The van der Waals surface area contributed by atoms with Crippen LogP contribution in [0.1, 0.15) is 19.3 Å². The molecule has 1 atom stereocenters. The Morgan fingerprint density at radius 2 is 2.42 bits per heavy atom. The highest BCUT2D eigenvalue weighted by Gasteiger charge is 2.49. The molecule has 0 saturated carbocycles. The molecule has 0 aromatic heterocycles. The van der Waals surface area contributed by atoms with E-state index in [-0.39, 0.29) is 11.4 Å². The molecule has 2 heterocycles. The average Bonchev–Trinajstić information content (AvgIpc) is 2.62. The third-order valence-electron chi connectivity index (χ3n) is 2.90. The SMILES string of the molecule is CSN1CCCC12CCNC2=O. The Kier molecular flexibility index (Phi) is 2.04. The van der Waals surface area contributed by atoms with Gasteiger partial charge in [0.05, 0.1) is 0 Å². The number of carbonyl (C=O) groups excluding carboxylic acids is 1. The summed E-state index contributed by atoms with van der Waals surface area (Å²) in [7, 11) is 0. The van der Waals surface area contributed by atoms with E-state index in [0.717, 1.165) is 32.4 Å². The number of hydrogen-bond donors (Lipinski definition) is 1. The van der Waals surface area contributed by atoms with Gasteiger partial charge in [0.1, 0.15) is 5.54 Å². The van der Waals surface area contributed by atoms with Crippen LogP contribution in [0.25, 0.3) is 0 Å².